The van der Waals surface area contributed by atoms with Gasteiger partial charge in [0.15, 0.2) is 0 Å². The average molecular weight is 306 g/mol. The highest BCUT2D eigenvalue weighted by atomic mass is 32.1. The first-order valence-electron chi connectivity index (χ1n) is 6.28. The molecular formula is C15H18N2OS2. The van der Waals surface area contributed by atoms with Crippen LogP contribution in [0.2, 0.25) is 0 Å². The lowest BCUT2D eigenvalue weighted by molar-refractivity contribution is 0.414. The Morgan fingerprint density at radius 3 is 2.70 bits per heavy atom. The van der Waals surface area contributed by atoms with Gasteiger partial charge in [-0.2, -0.15) is 0 Å². The average Bonchev–Trinajstić information content (AvgIpc) is 2.99. The summed E-state index contributed by atoms with van der Waals surface area (Å²) in [5.74, 6) is 0.797. The summed E-state index contributed by atoms with van der Waals surface area (Å²) in [5.41, 5.74) is 7.68. The molecule has 106 valence electrons. The number of benzene rings is 1. The van der Waals surface area contributed by atoms with E-state index in [9.17, 15) is 0 Å². The molecule has 5 heteroatoms. The SMILES string of the molecule is COc1ccc(C(N)=S)c(N(C)C(C)c2cccs2)c1. The van der Waals surface area contributed by atoms with Gasteiger partial charge in [0.05, 0.1) is 18.8 Å². The van der Waals surface area contributed by atoms with Gasteiger partial charge in [-0.1, -0.05) is 18.3 Å². The maximum Gasteiger partial charge on any atom is 0.120 e. The summed E-state index contributed by atoms with van der Waals surface area (Å²) in [6.07, 6.45) is 0. The van der Waals surface area contributed by atoms with Crippen LogP contribution in [0.4, 0.5) is 5.69 Å². The van der Waals surface area contributed by atoms with Gasteiger partial charge in [-0.05, 0) is 30.5 Å². The summed E-state index contributed by atoms with van der Waals surface area (Å²) in [4.78, 5) is 3.86. The van der Waals surface area contributed by atoms with Crippen molar-refractivity contribution in [2.24, 2.45) is 5.73 Å². The molecule has 0 spiro atoms. The quantitative estimate of drug-likeness (QED) is 0.857. The molecule has 3 nitrogen and oxygen atoms in total. The molecule has 0 aliphatic carbocycles. The molecule has 2 aromatic rings. The van der Waals surface area contributed by atoms with Crippen molar-refractivity contribution in [3.05, 3.63) is 46.2 Å². The standard InChI is InChI=1S/C15H18N2OS2/c1-10(14-5-4-8-20-14)17(2)13-9-11(18-3)6-7-12(13)15(16)19/h4-10H,1-3H3,(H2,16,19). The summed E-state index contributed by atoms with van der Waals surface area (Å²) < 4.78 is 5.30. The summed E-state index contributed by atoms with van der Waals surface area (Å²) in [5, 5.41) is 2.08. The van der Waals surface area contributed by atoms with Crippen molar-refractivity contribution >= 4 is 34.2 Å². The molecule has 0 aliphatic heterocycles. The Labute approximate surface area is 129 Å². The Bertz CT molecular complexity index is 596. The fourth-order valence-electron chi connectivity index (χ4n) is 2.07. The Morgan fingerprint density at radius 2 is 2.15 bits per heavy atom. The third-order valence-corrected chi connectivity index (χ3v) is 4.65. The predicted octanol–water partition coefficient (Wildman–Crippen LogP) is 3.59. The third kappa shape index (κ3) is 2.94. The van der Waals surface area contributed by atoms with Crippen LogP contribution in [0.3, 0.4) is 0 Å². The number of methoxy groups -OCH3 is 1. The van der Waals surface area contributed by atoms with E-state index in [0.29, 0.717) is 4.99 Å². The van der Waals surface area contributed by atoms with E-state index in [4.69, 9.17) is 22.7 Å². The molecule has 2 N–H and O–H groups in total. The number of nitrogens with two attached hydrogens (primary N) is 1. The van der Waals surface area contributed by atoms with Gasteiger partial charge in [-0.15, -0.1) is 11.3 Å². The number of anilines is 1. The first-order valence-corrected chi connectivity index (χ1v) is 7.57. The molecule has 0 fully saturated rings. The van der Waals surface area contributed by atoms with E-state index < -0.39 is 0 Å². The van der Waals surface area contributed by atoms with E-state index in [1.54, 1.807) is 18.4 Å². The second-order valence-corrected chi connectivity index (χ2v) is 5.97. The zero-order chi connectivity index (χ0) is 14.7. The normalized spacial score (nSPS) is 11.9. The molecule has 0 bridgehead atoms. The van der Waals surface area contributed by atoms with Gasteiger partial charge in [-0.25, -0.2) is 0 Å². The van der Waals surface area contributed by atoms with Gasteiger partial charge in [0, 0.05) is 23.6 Å². The molecular weight excluding hydrogens is 288 g/mol. The van der Waals surface area contributed by atoms with Crippen LogP contribution in [-0.4, -0.2) is 19.1 Å². The fourth-order valence-corrected chi connectivity index (χ4v) is 3.07. The minimum Gasteiger partial charge on any atom is -0.497 e. The van der Waals surface area contributed by atoms with Gasteiger partial charge in [0.1, 0.15) is 10.7 Å². The molecule has 1 heterocycles. The Kier molecular flexibility index (Phi) is 4.62. The van der Waals surface area contributed by atoms with Crippen LogP contribution in [0, 0.1) is 0 Å². The molecule has 2 rings (SSSR count). The van der Waals surface area contributed by atoms with Crippen molar-refractivity contribution in [3.63, 3.8) is 0 Å². The lowest BCUT2D eigenvalue weighted by Gasteiger charge is -2.28. The van der Waals surface area contributed by atoms with Crippen molar-refractivity contribution in [2.45, 2.75) is 13.0 Å². The molecule has 0 radical (unpaired) electrons. The van der Waals surface area contributed by atoms with Crippen LogP contribution in [-0.2, 0) is 0 Å². The molecule has 1 aromatic heterocycles. The monoisotopic (exact) mass is 306 g/mol. The molecule has 1 atom stereocenters. The van der Waals surface area contributed by atoms with Crippen molar-refractivity contribution < 1.29 is 4.74 Å². The van der Waals surface area contributed by atoms with Gasteiger partial charge < -0.3 is 15.4 Å². The maximum absolute atomic E-state index is 5.83. The molecule has 0 saturated heterocycles. The number of hydrogen-bond donors (Lipinski definition) is 1. The Balaban J connectivity index is 2.41. The van der Waals surface area contributed by atoms with Crippen molar-refractivity contribution in [1.82, 2.24) is 0 Å². The lowest BCUT2D eigenvalue weighted by atomic mass is 10.1. The van der Waals surface area contributed by atoms with Crippen LogP contribution in [0.5, 0.6) is 5.75 Å². The van der Waals surface area contributed by atoms with Gasteiger partial charge in [-0.3, -0.25) is 0 Å². The van der Waals surface area contributed by atoms with Crippen molar-refractivity contribution in [2.75, 3.05) is 19.1 Å². The van der Waals surface area contributed by atoms with Gasteiger partial charge in [0.25, 0.3) is 0 Å². The van der Waals surface area contributed by atoms with E-state index in [-0.39, 0.29) is 6.04 Å². The molecule has 0 aliphatic rings. The summed E-state index contributed by atoms with van der Waals surface area (Å²) >= 11 is 6.89. The second kappa shape index (κ2) is 6.24. The first-order chi connectivity index (χ1) is 9.54. The van der Waals surface area contributed by atoms with Gasteiger partial charge in [0.2, 0.25) is 0 Å². The van der Waals surface area contributed by atoms with Crippen molar-refractivity contribution in [3.8, 4) is 5.75 Å². The summed E-state index contributed by atoms with van der Waals surface area (Å²) in [7, 11) is 3.70. The maximum atomic E-state index is 5.83. The molecule has 1 unspecified atom stereocenters. The fraction of sp³-hybridized carbons (Fsp3) is 0.267. The second-order valence-electron chi connectivity index (χ2n) is 4.55. The van der Waals surface area contributed by atoms with Crippen LogP contribution in [0.25, 0.3) is 0 Å². The van der Waals surface area contributed by atoms with Crippen LogP contribution in [0.1, 0.15) is 23.4 Å². The van der Waals surface area contributed by atoms with Crippen LogP contribution >= 0.6 is 23.6 Å². The number of ether oxygens (including phenoxy) is 1. The highest BCUT2D eigenvalue weighted by Crippen LogP contribution is 2.32. The number of rotatable bonds is 5. The van der Waals surface area contributed by atoms with E-state index in [1.165, 1.54) is 4.88 Å². The molecule has 0 saturated carbocycles. The van der Waals surface area contributed by atoms with Crippen LogP contribution < -0.4 is 15.4 Å². The van der Waals surface area contributed by atoms with E-state index in [1.807, 2.05) is 25.2 Å². The number of thiocarbonyl (C=S) groups is 1. The number of hydrogen-bond acceptors (Lipinski definition) is 4. The van der Waals surface area contributed by atoms with Crippen molar-refractivity contribution in [1.29, 1.82) is 0 Å². The van der Waals surface area contributed by atoms with E-state index >= 15 is 0 Å². The smallest absolute Gasteiger partial charge is 0.120 e. The first kappa shape index (κ1) is 14.8. The summed E-state index contributed by atoms with van der Waals surface area (Å²) in [6.45, 7) is 2.16. The topological polar surface area (TPSA) is 38.5 Å². The number of thiophene rings is 1. The molecule has 1 aromatic carbocycles. The highest BCUT2D eigenvalue weighted by molar-refractivity contribution is 7.80. The summed E-state index contributed by atoms with van der Waals surface area (Å²) in [6, 6.07) is 10.2. The molecule has 20 heavy (non-hydrogen) atoms. The highest BCUT2D eigenvalue weighted by Gasteiger charge is 2.18. The Morgan fingerprint density at radius 1 is 1.40 bits per heavy atom. The Hall–Kier alpha value is -1.59. The lowest BCUT2D eigenvalue weighted by Crippen LogP contribution is -2.24. The molecule has 0 amide bonds. The number of nitrogens with zero attached hydrogens (tertiary/aromatic N) is 1. The predicted molar refractivity (Wildman–Crippen MR) is 90.0 cm³/mol. The van der Waals surface area contributed by atoms with Crippen LogP contribution in [0.15, 0.2) is 35.7 Å². The zero-order valence-electron chi connectivity index (χ0n) is 11.8. The van der Waals surface area contributed by atoms with Gasteiger partial charge >= 0.3 is 0 Å². The van der Waals surface area contributed by atoms with E-state index in [0.717, 1.165) is 17.0 Å². The zero-order valence-corrected chi connectivity index (χ0v) is 13.4. The minimum atomic E-state index is 0.246. The van der Waals surface area contributed by atoms with E-state index in [2.05, 4.69) is 29.3 Å². The largest absolute Gasteiger partial charge is 0.497 e. The minimum absolute atomic E-state index is 0.246. The third-order valence-electron chi connectivity index (χ3n) is 3.39.